The van der Waals surface area contributed by atoms with Crippen molar-refractivity contribution in [1.29, 1.82) is 0 Å². The van der Waals surface area contributed by atoms with Gasteiger partial charge < -0.3 is 9.30 Å². The molecule has 2 heterocycles. The van der Waals surface area contributed by atoms with Gasteiger partial charge in [0.25, 0.3) is 0 Å². The van der Waals surface area contributed by atoms with Crippen molar-refractivity contribution in [2.45, 2.75) is 56.9 Å². The first kappa shape index (κ1) is 29.3. The summed E-state index contributed by atoms with van der Waals surface area (Å²) >= 11 is 1.44. The van der Waals surface area contributed by atoms with E-state index < -0.39 is 26.7 Å². The van der Waals surface area contributed by atoms with Gasteiger partial charge in [0.1, 0.15) is 15.7 Å². The Morgan fingerprint density at radius 3 is 2.60 bits per heavy atom. The zero-order valence-electron chi connectivity index (χ0n) is 24.0. The van der Waals surface area contributed by atoms with Gasteiger partial charge >= 0.3 is 5.97 Å². The topological polar surface area (TPSA) is 104 Å². The molecule has 2 fully saturated rings. The average molecular weight is 618 g/mol. The fraction of sp³-hybridized carbons (Fsp3) is 0.333. The molecule has 0 saturated heterocycles. The number of thiazole rings is 1. The van der Waals surface area contributed by atoms with E-state index in [1.54, 1.807) is 6.07 Å². The van der Waals surface area contributed by atoms with E-state index in [9.17, 15) is 17.6 Å². The summed E-state index contributed by atoms with van der Waals surface area (Å²) in [6.45, 7) is 2.15. The minimum Gasteiger partial charge on any atom is -0.464 e. The van der Waals surface area contributed by atoms with E-state index in [-0.39, 0.29) is 0 Å². The van der Waals surface area contributed by atoms with Crippen molar-refractivity contribution in [3.05, 3.63) is 81.7 Å². The molecule has 43 heavy (non-hydrogen) atoms. The summed E-state index contributed by atoms with van der Waals surface area (Å²) in [4.78, 5) is 17.3. The number of primary sulfonamides is 1. The van der Waals surface area contributed by atoms with E-state index in [4.69, 9.17) is 14.9 Å². The van der Waals surface area contributed by atoms with Crippen molar-refractivity contribution in [2.24, 2.45) is 17.0 Å². The quantitative estimate of drug-likeness (QED) is 0.184. The Labute approximate surface area is 255 Å². The molecule has 2 aromatic heterocycles. The molecule has 0 radical (unpaired) electrons. The number of aryl methyl sites for hydroxylation is 1. The van der Waals surface area contributed by atoms with Gasteiger partial charge in [-0.05, 0) is 86.4 Å². The van der Waals surface area contributed by atoms with Crippen LogP contribution in [0, 0.1) is 36.4 Å². The van der Waals surface area contributed by atoms with Crippen LogP contribution in [0.5, 0.6) is 0 Å². The highest BCUT2D eigenvalue weighted by Crippen LogP contribution is 2.41. The number of methoxy groups -OCH3 is 1. The van der Waals surface area contributed by atoms with E-state index in [0.717, 1.165) is 65.1 Å². The van der Waals surface area contributed by atoms with Crippen LogP contribution in [0.25, 0.3) is 21.8 Å². The van der Waals surface area contributed by atoms with E-state index in [0.29, 0.717) is 34.6 Å². The highest BCUT2D eigenvalue weighted by molar-refractivity contribution is 7.89. The number of hydrogen-bond donors (Lipinski definition) is 1. The zero-order valence-corrected chi connectivity index (χ0v) is 25.7. The number of esters is 1. The van der Waals surface area contributed by atoms with Crippen LogP contribution in [0.2, 0.25) is 0 Å². The number of ether oxygens (including phenoxy) is 1. The van der Waals surface area contributed by atoms with Crippen LogP contribution >= 0.6 is 11.3 Å². The lowest BCUT2D eigenvalue weighted by molar-refractivity contribution is 0.0594. The summed E-state index contributed by atoms with van der Waals surface area (Å²) in [5, 5.41) is 5.92. The van der Waals surface area contributed by atoms with Crippen LogP contribution in [0.3, 0.4) is 0 Å². The Morgan fingerprint density at radius 2 is 1.95 bits per heavy atom. The maximum atomic E-state index is 14.9. The molecule has 6 rings (SSSR count). The van der Waals surface area contributed by atoms with Gasteiger partial charge in [-0.2, -0.15) is 0 Å². The maximum Gasteiger partial charge on any atom is 0.357 e. The summed E-state index contributed by atoms with van der Waals surface area (Å²) in [7, 11) is -2.84. The van der Waals surface area contributed by atoms with Crippen LogP contribution in [0.1, 0.15) is 64.3 Å². The number of carbonyl (C=O) groups is 1. The highest BCUT2D eigenvalue weighted by Gasteiger charge is 2.29. The molecule has 0 spiro atoms. The lowest BCUT2D eigenvalue weighted by atomic mass is 9.86. The van der Waals surface area contributed by atoms with Gasteiger partial charge in [0.15, 0.2) is 5.69 Å². The van der Waals surface area contributed by atoms with Crippen LogP contribution in [-0.2, 0) is 27.7 Å². The Balaban J connectivity index is 1.50. The number of sulfonamides is 1. The first-order chi connectivity index (χ1) is 20.6. The predicted octanol–water partition coefficient (Wildman–Crippen LogP) is 6.31. The fourth-order valence-corrected chi connectivity index (χ4v) is 6.88. The molecule has 222 valence electrons. The molecule has 2 aromatic carbocycles. The van der Waals surface area contributed by atoms with Gasteiger partial charge in [0.05, 0.1) is 7.11 Å². The molecule has 2 aliphatic carbocycles. The Bertz CT molecular complexity index is 1890. The van der Waals surface area contributed by atoms with Crippen LogP contribution in [0.15, 0.2) is 53.4 Å². The van der Waals surface area contributed by atoms with Crippen molar-refractivity contribution < 1.29 is 22.3 Å². The Hall–Kier alpha value is -3.78. The smallest absolute Gasteiger partial charge is 0.357 e. The monoisotopic (exact) mass is 617 g/mol. The molecular formula is C33H32FN3O4S2. The molecule has 2 aliphatic rings. The zero-order chi connectivity index (χ0) is 30.3. The second-order valence-corrected chi connectivity index (χ2v) is 14.1. The first-order valence-electron chi connectivity index (χ1n) is 14.3. The Morgan fingerprint density at radius 1 is 1.16 bits per heavy atom. The van der Waals surface area contributed by atoms with E-state index >= 15 is 0 Å². The number of aromatic nitrogens is 2. The number of benzene rings is 2. The van der Waals surface area contributed by atoms with E-state index in [1.165, 1.54) is 37.0 Å². The lowest BCUT2D eigenvalue weighted by Crippen LogP contribution is -2.14. The van der Waals surface area contributed by atoms with Crippen molar-refractivity contribution in [1.82, 2.24) is 9.55 Å². The van der Waals surface area contributed by atoms with E-state index in [2.05, 4.69) is 28.5 Å². The minimum atomic E-state index is -4.19. The molecule has 0 bridgehead atoms. The lowest BCUT2D eigenvalue weighted by Gasteiger charge is -2.18. The summed E-state index contributed by atoms with van der Waals surface area (Å²) in [5.41, 5.74) is 5.61. The normalized spacial score (nSPS) is 15.1. The van der Waals surface area contributed by atoms with Crippen LogP contribution < -0.4 is 5.14 Å². The first-order valence-corrected chi connectivity index (χ1v) is 16.7. The molecule has 0 amide bonds. The molecule has 2 N–H and O–H groups in total. The van der Waals surface area contributed by atoms with Crippen LogP contribution in [0.4, 0.5) is 4.39 Å². The number of hydrogen-bond acceptors (Lipinski definition) is 6. The number of rotatable bonds is 8. The maximum absolute atomic E-state index is 14.9. The highest BCUT2D eigenvalue weighted by atomic mass is 32.2. The molecular weight excluding hydrogens is 586 g/mol. The molecule has 4 aromatic rings. The predicted molar refractivity (Wildman–Crippen MR) is 165 cm³/mol. The second kappa shape index (κ2) is 11.7. The molecule has 10 heteroatoms. The third-order valence-electron chi connectivity index (χ3n) is 8.12. The summed E-state index contributed by atoms with van der Waals surface area (Å²) in [6, 6.07) is 14.2. The van der Waals surface area contributed by atoms with Gasteiger partial charge in [0.2, 0.25) is 10.0 Å². The third kappa shape index (κ3) is 6.30. The molecule has 7 nitrogen and oxygen atoms in total. The molecule has 0 aliphatic heterocycles. The summed E-state index contributed by atoms with van der Waals surface area (Å²) in [6.07, 6.45) is 6.55. The fourth-order valence-electron chi connectivity index (χ4n) is 5.36. The molecule has 2 saturated carbocycles. The molecule has 0 atom stereocenters. The third-order valence-corrected chi connectivity index (χ3v) is 10.1. The number of carbonyl (C=O) groups excluding carboxylic acids is 1. The van der Waals surface area contributed by atoms with Gasteiger partial charge in [-0.25, -0.2) is 27.7 Å². The number of nitrogens with zero attached hydrogens (tertiary/aromatic N) is 2. The largest absolute Gasteiger partial charge is 0.464 e. The van der Waals surface area contributed by atoms with Crippen molar-refractivity contribution in [3.63, 3.8) is 0 Å². The van der Waals surface area contributed by atoms with Crippen LogP contribution in [-0.4, -0.2) is 31.0 Å². The standard InChI is InChI=1S/C33H32FN3O4S2/c1-20-31(33(38)41-2)36-32(42-20)26-18-28(25-8-4-7-22(15-25)10-9-21-5-3-6-21)37(29(26)17-23-11-12-23)19-24-13-14-30(27(34)16-24)43(35,39)40/h4,7-8,13-16,18,21,23H,3,5-6,11-12,17,19H2,1-2H3,(H2,35,39,40). The van der Waals surface area contributed by atoms with Gasteiger partial charge in [-0.15, -0.1) is 11.3 Å². The Kier molecular flexibility index (Phi) is 7.98. The molecule has 0 unspecified atom stereocenters. The van der Waals surface area contributed by atoms with Gasteiger partial charge in [-0.1, -0.05) is 36.5 Å². The van der Waals surface area contributed by atoms with Crippen molar-refractivity contribution in [2.75, 3.05) is 7.11 Å². The minimum absolute atomic E-state index is 0.295. The number of halogens is 1. The average Bonchev–Trinajstić information content (AvgIpc) is 3.58. The van der Waals surface area contributed by atoms with Crippen molar-refractivity contribution >= 4 is 27.3 Å². The number of nitrogens with two attached hydrogens (primary N) is 1. The SMILES string of the molecule is COC(=O)c1nc(-c2cc(-c3cccc(C#CC4CCC4)c3)n(Cc3ccc(S(N)(=O)=O)c(F)c3)c2CC2CC2)sc1C. The summed E-state index contributed by atoms with van der Waals surface area (Å²) in [5.74, 6) is 6.33. The van der Waals surface area contributed by atoms with Gasteiger partial charge in [-0.3, -0.25) is 0 Å². The van der Waals surface area contributed by atoms with Gasteiger partial charge in [0, 0.05) is 39.9 Å². The van der Waals surface area contributed by atoms with Crippen molar-refractivity contribution in [3.8, 4) is 33.7 Å². The second-order valence-electron chi connectivity index (χ2n) is 11.3. The van der Waals surface area contributed by atoms with E-state index in [1.807, 2.05) is 25.1 Å². The summed E-state index contributed by atoms with van der Waals surface area (Å²) < 4.78 is 45.7.